The fraction of sp³-hybridized carbons (Fsp3) is 0.778. The van der Waals surface area contributed by atoms with Crippen LogP contribution in [0.1, 0.15) is 6.42 Å². The lowest BCUT2D eigenvalue weighted by atomic mass is 10.5. The average molecular weight is 248 g/mol. The Morgan fingerprint density at radius 3 is 1.73 bits per heavy atom. The number of nitrogens with one attached hydrogen (secondary N) is 2. The van der Waals surface area contributed by atoms with Crippen molar-refractivity contribution in [2.45, 2.75) is 6.42 Å². The van der Waals surface area contributed by atoms with Gasteiger partial charge in [0.1, 0.15) is 0 Å². The minimum Gasteiger partial charge on any atom is -0.347 e. The van der Waals surface area contributed by atoms with E-state index >= 15 is 0 Å². The van der Waals surface area contributed by atoms with Crippen LogP contribution in [0.4, 0.5) is 0 Å². The molecular formula is C9H16N2O2S2. The quantitative estimate of drug-likeness (QED) is 0.597. The SMILES string of the molecule is O=C1NCCSCCCSCCNC1=O. The first kappa shape index (κ1) is 12.7. The van der Waals surface area contributed by atoms with Gasteiger partial charge in [-0.15, -0.1) is 0 Å². The van der Waals surface area contributed by atoms with E-state index in [1.54, 1.807) is 0 Å². The average Bonchev–Trinajstić information content (AvgIpc) is 2.25. The molecule has 0 radical (unpaired) electrons. The summed E-state index contributed by atoms with van der Waals surface area (Å²) in [5.41, 5.74) is 0. The second-order valence-corrected chi connectivity index (χ2v) is 5.54. The monoisotopic (exact) mass is 248 g/mol. The second-order valence-electron chi connectivity index (χ2n) is 3.09. The molecular weight excluding hydrogens is 232 g/mol. The van der Waals surface area contributed by atoms with Crippen LogP contribution in [-0.4, -0.2) is 47.9 Å². The van der Waals surface area contributed by atoms with Crippen LogP contribution >= 0.6 is 23.5 Å². The molecule has 1 fully saturated rings. The maximum Gasteiger partial charge on any atom is 0.309 e. The molecule has 0 unspecified atom stereocenters. The van der Waals surface area contributed by atoms with Crippen molar-refractivity contribution in [1.82, 2.24) is 10.6 Å². The number of carbonyl (C=O) groups excluding carboxylic acids is 2. The Balaban J connectivity index is 2.30. The van der Waals surface area contributed by atoms with E-state index in [-0.39, 0.29) is 0 Å². The van der Waals surface area contributed by atoms with Gasteiger partial charge < -0.3 is 10.6 Å². The van der Waals surface area contributed by atoms with Crippen LogP contribution in [0.2, 0.25) is 0 Å². The maximum atomic E-state index is 11.2. The molecule has 86 valence electrons. The first-order chi connectivity index (χ1) is 7.30. The minimum absolute atomic E-state index is 0.514. The molecule has 1 saturated heterocycles. The van der Waals surface area contributed by atoms with E-state index in [0.29, 0.717) is 13.1 Å². The summed E-state index contributed by atoms with van der Waals surface area (Å²) in [6.07, 6.45) is 1.19. The Hall–Kier alpha value is -0.360. The van der Waals surface area contributed by atoms with Crippen LogP contribution in [0.5, 0.6) is 0 Å². The van der Waals surface area contributed by atoms with Crippen molar-refractivity contribution in [1.29, 1.82) is 0 Å². The van der Waals surface area contributed by atoms with Crippen LogP contribution < -0.4 is 10.6 Å². The molecule has 0 spiro atoms. The molecule has 0 bridgehead atoms. The highest BCUT2D eigenvalue weighted by molar-refractivity contribution is 8.00. The summed E-state index contributed by atoms with van der Waals surface area (Å²) >= 11 is 3.64. The summed E-state index contributed by atoms with van der Waals surface area (Å²) in [4.78, 5) is 22.4. The van der Waals surface area contributed by atoms with Crippen molar-refractivity contribution in [2.24, 2.45) is 0 Å². The van der Waals surface area contributed by atoms with Gasteiger partial charge in [-0.25, -0.2) is 0 Å². The first-order valence-electron chi connectivity index (χ1n) is 5.02. The lowest BCUT2D eigenvalue weighted by molar-refractivity contribution is -0.139. The minimum atomic E-state index is -0.514. The highest BCUT2D eigenvalue weighted by Gasteiger charge is 2.11. The van der Waals surface area contributed by atoms with Crippen molar-refractivity contribution in [3.8, 4) is 0 Å². The Labute approximate surface area is 98.3 Å². The van der Waals surface area contributed by atoms with Crippen molar-refractivity contribution >= 4 is 35.3 Å². The van der Waals surface area contributed by atoms with Crippen molar-refractivity contribution in [3.05, 3.63) is 0 Å². The van der Waals surface area contributed by atoms with Crippen molar-refractivity contribution in [3.63, 3.8) is 0 Å². The van der Waals surface area contributed by atoms with E-state index in [2.05, 4.69) is 10.6 Å². The molecule has 1 heterocycles. The molecule has 0 saturated carbocycles. The van der Waals surface area contributed by atoms with Gasteiger partial charge in [0.25, 0.3) is 0 Å². The predicted octanol–water partition coefficient (Wildman–Crippen LogP) is 0.0889. The van der Waals surface area contributed by atoms with Crippen molar-refractivity contribution < 1.29 is 9.59 Å². The van der Waals surface area contributed by atoms with Gasteiger partial charge in [-0.3, -0.25) is 9.59 Å². The van der Waals surface area contributed by atoms with E-state index in [1.807, 2.05) is 23.5 Å². The van der Waals surface area contributed by atoms with E-state index in [4.69, 9.17) is 0 Å². The lowest BCUT2D eigenvalue weighted by Gasteiger charge is -2.04. The highest BCUT2D eigenvalue weighted by Crippen LogP contribution is 2.07. The predicted molar refractivity (Wildman–Crippen MR) is 65.3 cm³/mol. The Kier molecular flexibility index (Phi) is 6.67. The zero-order valence-electron chi connectivity index (χ0n) is 8.58. The summed E-state index contributed by atoms with van der Waals surface area (Å²) in [5.74, 6) is 2.99. The number of thioether (sulfide) groups is 2. The largest absolute Gasteiger partial charge is 0.347 e. The van der Waals surface area contributed by atoms with Crippen LogP contribution in [0.3, 0.4) is 0 Å². The third kappa shape index (κ3) is 5.94. The standard InChI is InChI=1S/C9H16N2O2S2/c12-8-9(13)11-3-7-15-5-1-4-14-6-2-10-8/h1-7H2,(H,10,12)(H,11,13). The Bertz CT molecular complexity index is 202. The molecule has 1 aliphatic rings. The summed E-state index contributed by atoms with van der Waals surface area (Å²) in [7, 11) is 0. The van der Waals surface area contributed by atoms with E-state index in [1.165, 1.54) is 6.42 Å². The van der Waals surface area contributed by atoms with Crippen LogP contribution in [0.25, 0.3) is 0 Å². The van der Waals surface area contributed by atoms with Crippen LogP contribution in [0.15, 0.2) is 0 Å². The second kappa shape index (κ2) is 7.87. The fourth-order valence-electron chi connectivity index (χ4n) is 1.10. The Morgan fingerprint density at radius 2 is 1.27 bits per heavy atom. The van der Waals surface area contributed by atoms with Gasteiger partial charge in [0, 0.05) is 24.6 Å². The van der Waals surface area contributed by atoms with E-state index in [0.717, 1.165) is 23.0 Å². The lowest BCUT2D eigenvalue weighted by Crippen LogP contribution is -2.41. The van der Waals surface area contributed by atoms with Crippen molar-refractivity contribution in [2.75, 3.05) is 36.1 Å². The summed E-state index contributed by atoms with van der Waals surface area (Å²) < 4.78 is 0. The molecule has 4 nitrogen and oxygen atoms in total. The van der Waals surface area contributed by atoms with Gasteiger partial charge in [-0.2, -0.15) is 23.5 Å². The molecule has 0 aromatic carbocycles. The smallest absolute Gasteiger partial charge is 0.309 e. The molecule has 2 N–H and O–H groups in total. The van der Waals surface area contributed by atoms with Gasteiger partial charge in [-0.05, 0) is 17.9 Å². The Morgan fingerprint density at radius 1 is 0.800 bits per heavy atom. The maximum absolute atomic E-state index is 11.2. The number of hydrogen-bond donors (Lipinski definition) is 2. The van der Waals surface area contributed by atoms with Gasteiger partial charge in [0.15, 0.2) is 0 Å². The summed E-state index contributed by atoms with van der Waals surface area (Å²) in [6.45, 7) is 1.15. The first-order valence-corrected chi connectivity index (χ1v) is 7.33. The summed E-state index contributed by atoms with van der Waals surface area (Å²) in [5, 5.41) is 5.18. The zero-order valence-corrected chi connectivity index (χ0v) is 10.2. The van der Waals surface area contributed by atoms with E-state index in [9.17, 15) is 9.59 Å². The third-order valence-corrected chi connectivity index (χ3v) is 3.99. The summed E-state index contributed by atoms with van der Waals surface area (Å²) in [6, 6.07) is 0. The molecule has 1 aliphatic heterocycles. The molecule has 1 rings (SSSR count). The molecule has 0 aromatic rings. The number of carbonyl (C=O) groups is 2. The molecule has 0 aromatic heterocycles. The normalized spacial score (nSPS) is 21.6. The number of hydrogen-bond acceptors (Lipinski definition) is 4. The molecule has 0 aliphatic carbocycles. The van der Waals surface area contributed by atoms with E-state index < -0.39 is 11.8 Å². The fourth-order valence-corrected chi connectivity index (χ4v) is 2.88. The van der Waals surface area contributed by atoms with Crippen LogP contribution in [-0.2, 0) is 9.59 Å². The number of amides is 2. The zero-order chi connectivity index (χ0) is 10.9. The van der Waals surface area contributed by atoms with Gasteiger partial charge in [0.2, 0.25) is 0 Å². The van der Waals surface area contributed by atoms with Gasteiger partial charge in [0.05, 0.1) is 0 Å². The molecule has 15 heavy (non-hydrogen) atoms. The third-order valence-electron chi connectivity index (χ3n) is 1.85. The molecule has 6 heteroatoms. The molecule has 0 atom stereocenters. The number of rotatable bonds is 0. The van der Waals surface area contributed by atoms with Crippen LogP contribution in [0, 0.1) is 0 Å². The van der Waals surface area contributed by atoms with Gasteiger partial charge in [-0.1, -0.05) is 0 Å². The molecule has 2 amide bonds. The highest BCUT2D eigenvalue weighted by atomic mass is 32.2. The topological polar surface area (TPSA) is 58.2 Å². The van der Waals surface area contributed by atoms with Gasteiger partial charge >= 0.3 is 11.8 Å².